The molecule has 4 nitrogen and oxygen atoms in total. The lowest BCUT2D eigenvalue weighted by molar-refractivity contribution is -0.125. The number of carbonyl (C=O) groups is 1. The Bertz CT molecular complexity index is 419. The van der Waals surface area contributed by atoms with Crippen molar-refractivity contribution in [3.8, 4) is 0 Å². The highest BCUT2D eigenvalue weighted by Gasteiger charge is 2.34. The molecule has 1 aliphatic heterocycles. The van der Waals surface area contributed by atoms with Gasteiger partial charge in [-0.15, -0.1) is 0 Å². The number of hydrogen-bond acceptors (Lipinski definition) is 3. The molecule has 104 valence electrons. The van der Waals surface area contributed by atoms with Crippen LogP contribution >= 0.6 is 0 Å². The molecule has 1 amide bonds. The Hall–Kier alpha value is -1.39. The zero-order valence-electron chi connectivity index (χ0n) is 11.7. The van der Waals surface area contributed by atoms with Crippen molar-refractivity contribution in [2.45, 2.75) is 25.9 Å². The van der Waals surface area contributed by atoms with E-state index in [1.54, 1.807) is 0 Å². The van der Waals surface area contributed by atoms with Gasteiger partial charge < -0.3 is 11.1 Å². The van der Waals surface area contributed by atoms with Gasteiger partial charge in [-0.3, -0.25) is 9.69 Å². The van der Waals surface area contributed by atoms with Crippen molar-refractivity contribution in [1.29, 1.82) is 0 Å². The molecule has 0 aromatic heterocycles. The SMILES string of the molecule is CC(C)C(c1ccccc1)N1CCNCC1C(N)=O. The average Bonchev–Trinajstić information content (AvgIpc) is 2.40. The van der Waals surface area contributed by atoms with E-state index in [0.29, 0.717) is 12.5 Å². The highest BCUT2D eigenvalue weighted by atomic mass is 16.1. The van der Waals surface area contributed by atoms with Crippen molar-refractivity contribution >= 4 is 5.91 Å². The van der Waals surface area contributed by atoms with Crippen molar-refractivity contribution in [2.75, 3.05) is 19.6 Å². The number of hydrogen-bond donors (Lipinski definition) is 2. The van der Waals surface area contributed by atoms with Crippen LogP contribution in [0.2, 0.25) is 0 Å². The maximum Gasteiger partial charge on any atom is 0.236 e. The minimum Gasteiger partial charge on any atom is -0.368 e. The number of rotatable bonds is 4. The topological polar surface area (TPSA) is 58.4 Å². The van der Waals surface area contributed by atoms with Gasteiger partial charge in [0, 0.05) is 25.7 Å². The van der Waals surface area contributed by atoms with E-state index in [1.807, 2.05) is 18.2 Å². The first-order valence-electron chi connectivity index (χ1n) is 6.92. The molecule has 3 N–H and O–H groups in total. The van der Waals surface area contributed by atoms with Gasteiger partial charge in [0.1, 0.15) is 6.04 Å². The Labute approximate surface area is 115 Å². The summed E-state index contributed by atoms with van der Waals surface area (Å²) in [6, 6.07) is 10.4. The van der Waals surface area contributed by atoms with Gasteiger partial charge in [0.15, 0.2) is 0 Å². The van der Waals surface area contributed by atoms with Crippen LogP contribution in [-0.2, 0) is 4.79 Å². The molecule has 4 heteroatoms. The van der Waals surface area contributed by atoms with E-state index in [-0.39, 0.29) is 18.0 Å². The summed E-state index contributed by atoms with van der Waals surface area (Å²) in [4.78, 5) is 13.9. The second-order valence-electron chi connectivity index (χ2n) is 5.46. The van der Waals surface area contributed by atoms with Crippen molar-refractivity contribution in [3.05, 3.63) is 35.9 Å². The first kappa shape index (κ1) is 14.0. The Morgan fingerprint density at radius 1 is 1.37 bits per heavy atom. The summed E-state index contributed by atoms with van der Waals surface area (Å²) in [5.74, 6) is 0.191. The molecule has 0 aliphatic carbocycles. The lowest BCUT2D eigenvalue weighted by atomic mass is 9.92. The number of primary amides is 1. The molecule has 2 atom stereocenters. The molecule has 19 heavy (non-hydrogen) atoms. The summed E-state index contributed by atoms with van der Waals surface area (Å²) < 4.78 is 0. The molecule has 1 aromatic carbocycles. The number of piperazine rings is 1. The molecule has 0 bridgehead atoms. The third kappa shape index (κ3) is 3.14. The van der Waals surface area contributed by atoms with Crippen LogP contribution in [0.3, 0.4) is 0 Å². The van der Waals surface area contributed by atoms with E-state index in [9.17, 15) is 4.79 Å². The summed E-state index contributed by atoms with van der Waals surface area (Å²) in [5, 5.41) is 3.25. The number of nitrogens with two attached hydrogens (primary N) is 1. The second-order valence-corrected chi connectivity index (χ2v) is 5.46. The Morgan fingerprint density at radius 2 is 2.05 bits per heavy atom. The molecule has 2 rings (SSSR count). The zero-order valence-corrected chi connectivity index (χ0v) is 11.7. The molecular formula is C15H23N3O. The number of nitrogens with zero attached hydrogens (tertiary/aromatic N) is 1. The van der Waals surface area contributed by atoms with E-state index < -0.39 is 0 Å². The van der Waals surface area contributed by atoms with Crippen LogP contribution in [0.5, 0.6) is 0 Å². The van der Waals surface area contributed by atoms with E-state index in [2.05, 4.69) is 36.2 Å². The fraction of sp³-hybridized carbons (Fsp3) is 0.533. The minimum absolute atomic E-state index is 0.221. The first-order chi connectivity index (χ1) is 9.11. The molecule has 0 spiro atoms. The van der Waals surface area contributed by atoms with Crippen LogP contribution in [0.4, 0.5) is 0 Å². The van der Waals surface area contributed by atoms with E-state index in [1.165, 1.54) is 5.56 Å². The monoisotopic (exact) mass is 261 g/mol. The Morgan fingerprint density at radius 3 is 2.63 bits per heavy atom. The van der Waals surface area contributed by atoms with Gasteiger partial charge in [-0.25, -0.2) is 0 Å². The van der Waals surface area contributed by atoms with Crippen LogP contribution in [0.1, 0.15) is 25.5 Å². The predicted octanol–water partition coefficient (Wildman–Crippen LogP) is 1.14. The van der Waals surface area contributed by atoms with Crippen molar-refractivity contribution in [1.82, 2.24) is 10.2 Å². The van der Waals surface area contributed by atoms with Crippen LogP contribution in [-0.4, -0.2) is 36.5 Å². The van der Waals surface area contributed by atoms with Crippen LogP contribution in [0, 0.1) is 5.92 Å². The molecular weight excluding hydrogens is 238 g/mol. The van der Waals surface area contributed by atoms with Crippen LogP contribution in [0.25, 0.3) is 0 Å². The number of carbonyl (C=O) groups excluding carboxylic acids is 1. The lowest BCUT2D eigenvalue weighted by Crippen LogP contribution is -2.58. The summed E-state index contributed by atoms with van der Waals surface area (Å²) in [6.07, 6.45) is 0. The largest absolute Gasteiger partial charge is 0.368 e. The lowest BCUT2D eigenvalue weighted by Gasteiger charge is -2.42. The number of nitrogens with one attached hydrogen (secondary N) is 1. The van der Waals surface area contributed by atoms with Crippen molar-refractivity contribution < 1.29 is 4.79 Å². The highest BCUT2D eigenvalue weighted by Crippen LogP contribution is 2.30. The van der Waals surface area contributed by atoms with E-state index >= 15 is 0 Å². The minimum atomic E-state index is -0.242. The maximum absolute atomic E-state index is 11.7. The van der Waals surface area contributed by atoms with Gasteiger partial charge in [-0.05, 0) is 11.5 Å². The van der Waals surface area contributed by atoms with Gasteiger partial charge in [0.2, 0.25) is 5.91 Å². The van der Waals surface area contributed by atoms with Gasteiger partial charge in [-0.2, -0.15) is 0 Å². The fourth-order valence-corrected chi connectivity index (χ4v) is 2.93. The average molecular weight is 261 g/mol. The van der Waals surface area contributed by atoms with E-state index in [0.717, 1.165) is 13.1 Å². The predicted molar refractivity (Wildman–Crippen MR) is 76.6 cm³/mol. The third-order valence-corrected chi connectivity index (χ3v) is 3.74. The van der Waals surface area contributed by atoms with Gasteiger partial charge >= 0.3 is 0 Å². The normalized spacial score (nSPS) is 22.4. The van der Waals surface area contributed by atoms with Crippen LogP contribution in [0.15, 0.2) is 30.3 Å². The molecule has 1 fully saturated rings. The van der Waals surface area contributed by atoms with Gasteiger partial charge in [-0.1, -0.05) is 44.2 Å². The molecule has 2 unspecified atom stereocenters. The quantitative estimate of drug-likeness (QED) is 0.854. The zero-order chi connectivity index (χ0) is 13.8. The maximum atomic E-state index is 11.7. The standard InChI is InChI=1S/C15H23N3O/c1-11(2)14(12-6-4-3-5-7-12)18-9-8-17-10-13(18)15(16)19/h3-7,11,13-14,17H,8-10H2,1-2H3,(H2,16,19). The van der Waals surface area contributed by atoms with Crippen molar-refractivity contribution in [2.24, 2.45) is 11.7 Å². The first-order valence-corrected chi connectivity index (χ1v) is 6.92. The summed E-state index contributed by atoms with van der Waals surface area (Å²) in [6.45, 7) is 6.78. The summed E-state index contributed by atoms with van der Waals surface area (Å²) >= 11 is 0. The second kappa shape index (κ2) is 6.17. The van der Waals surface area contributed by atoms with Crippen molar-refractivity contribution in [3.63, 3.8) is 0 Å². The Kier molecular flexibility index (Phi) is 4.56. The molecule has 1 aromatic rings. The molecule has 1 heterocycles. The number of benzene rings is 1. The Balaban J connectivity index is 2.30. The molecule has 0 saturated carbocycles. The molecule has 1 saturated heterocycles. The highest BCUT2D eigenvalue weighted by molar-refractivity contribution is 5.80. The molecule has 1 aliphatic rings. The molecule has 0 radical (unpaired) electrons. The summed E-state index contributed by atoms with van der Waals surface area (Å²) in [7, 11) is 0. The summed E-state index contributed by atoms with van der Waals surface area (Å²) in [5.41, 5.74) is 6.81. The third-order valence-electron chi connectivity index (χ3n) is 3.74. The van der Waals surface area contributed by atoms with E-state index in [4.69, 9.17) is 5.73 Å². The van der Waals surface area contributed by atoms with Crippen LogP contribution < -0.4 is 11.1 Å². The smallest absolute Gasteiger partial charge is 0.236 e. The number of amides is 1. The van der Waals surface area contributed by atoms with Gasteiger partial charge in [0.25, 0.3) is 0 Å². The van der Waals surface area contributed by atoms with Gasteiger partial charge in [0.05, 0.1) is 0 Å². The fourth-order valence-electron chi connectivity index (χ4n) is 2.93.